The number of carbonyl (C=O) groups is 1. The Bertz CT molecular complexity index is 162. The minimum absolute atomic E-state index is 0.285. The zero-order valence-electron chi connectivity index (χ0n) is 8.50. The van der Waals surface area contributed by atoms with E-state index in [1.807, 2.05) is 17.8 Å². The first-order valence-corrected chi connectivity index (χ1v) is 6.04. The molecule has 0 unspecified atom stereocenters. The van der Waals surface area contributed by atoms with Crippen molar-refractivity contribution < 1.29 is 9.90 Å². The van der Waals surface area contributed by atoms with Gasteiger partial charge in [-0.15, -0.1) is 6.58 Å². The summed E-state index contributed by atoms with van der Waals surface area (Å²) in [5, 5.41) is 11.7. The van der Waals surface area contributed by atoms with Crippen LogP contribution in [-0.4, -0.2) is 35.7 Å². The number of carboxylic acid groups (broad SMARTS) is 1. The molecule has 0 saturated heterocycles. The van der Waals surface area contributed by atoms with E-state index in [2.05, 4.69) is 11.9 Å². The second-order valence-corrected chi connectivity index (χ2v) is 4.11. The van der Waals surface area contributed by atoms with E-state index in [1.54, 1.807) is 0 Å². The van der Waals surface area contributed by atoms with Gasteiger partial charge in [-0.05, 0) is 19.4 Å². The zero-order valence-corrected chi connectivity index (χ0v) is 9.31. The minimum atomic E-state index is -0.702. The zero-order chi connectivity index (χ0) is 10.6. The van der Waals surface area contributed by atoms with Gasteiger partial charge in [-0.3, -0.25) is 4.79 Å². The van der Waals surface area contributed by atoms with Crippen molar-refractivity contribution in [2.24, 2.45) is 0 Å². The average Bonchev–Trinajstić information content (AvgIpc) is 2.15. The lowest BCUT2D eigenvalue weighted by atomic mass is 10.2. The molecule has 0 saturated carbocycles. The Morgan fingerprint density at radius 1 is 1.43 bits per heavy atom. The summed E-state index contributed by atoms with van der Waals surface area (Å²) in [7, 11) is 0. The van der Waals surface area contributed by atoms with Crippen LogP contribution >= 0.6 is 11.8 Å². The highest BCUT2D eigenvalue weighted by Gasteiger charge is 1.95. The minimum Gasteiger partial charge on any atom is -0.481 e. The smallest absolute Gasteiger partial charge is 0.303 e. The predicted molar refractivity (Wildman–Crippen MR) is 61.9 cm³/mol. The monoisotopic (exact) mass is 217 g/mol. The molecule has 0 aromatic rings. The summed E-state index contributed by atoms with van der Waals surface area (Å²) >= 11 is 1.85. The number of hydrogen-bond donors (Lipinski definition) is 2. The van der Waals surface area contributed by atoms with E-state index in [1.165, 1.54) is 0 Å². The van der Waals surface area contributed by atoms with Crippen LogP contribution < -0.4 is 5.32 Å². The average molecular weight is 217 g/mol. The number of unbranched alkanes of at least 4 members (excludes halogenated alkanes) is 1. The van der Waals surface area contributed by atoms with E-state index in [4.69, 9.17) is 5.11 Å². The molecule has 0 spiro atoms. The Kier molecular flexibility index (Phi) is 10.2. The van der Waals surface area contributed by atoms with Crippen molar-refractivity contribution in [3.63, 3.8) is 0 Å². The van der Waals surface area contributed by atoms with Crippen molar-refractivity contribution in [3.05, 3.63) is 12.7 Å². The standard InChI is InChI=1S/C10H19NO2S/c1-2-8-14-9-7-11-6-4-3-5-10(12)13/h2,11H,1,3-9H2,(H,12,13). The molecule has 0 amide bonds. The second-order valence-electron chi connectivity index (χ2n) is 2.96. The number of thioether (sulfide) groups is 1. The molecular weight excluding hydrogens is 198 g/mol. The lowest BCUT2D eigenvalue weighted by molar-refractivity contribution is -0.137. The summed E-state index contributed by atoms with van der Waals surface area (Å²) in [6.07, 6.45) is 3.89. The predicted octanol–water partition coefficient (Wildman–Crippen LogP) is 1.75. The third kappa shape index (κ3) is 11.5. The van der Waals surface area contributed by atoms with Gasteiger partial charge in [-0.25, -0.2) is 0 Å². The molecule has 0 aliphatic heterocycles. The number of carboxylic acids is 1. The third-order valence-corrected chi connectivity index (χ3v) is 2.62. The summed E-state index contributed by atoms with van der Waals surface area (Å²) in [6.45, 7) is 5.55. The Morgan fingerprint density at radius 3 is 2.86 bits per heavy atom. The second kappa shape index (κ2) is 10.6. The molecule has 0 aliphatic rings. The molecule has 0 rings (SSSR count). The van der Waals surface area contributed by atoms with Crippen LogP contribution in [0.5, 0.6) is 0 Å². The number of rotatable bonds is 10. The van der Waals surface area contributed by atoms with Gasteiger partial charge in [0.15, 0.2) is 0 Å². The topological polar surface area (TPSA) is 49.3 Å². The molecule has 0 fully saturated rings. The molecule has 4 heteroatoms. The van der Waals surface area contributed by atoms with Crippen molar-refractivity contribution in [2.75, 3.05) is 24.6 Å². The maximum absolute atomic E-state index is 10.2. The fourth-order valence-electron chi connectivity index (χ4n) is 0.962. The van der Waals surface area contributed by atoms with E-state index in [-0.39, 0.29) is 6.42 Å². The van der Waals surface area contributed by atoms with E-state index >= 15 is 0 Å². The van der Waals surface area contributed by atoms with Gasteiger partial charge in [0.25, 0.3) is 0 Å². The van der Waals surface area contributed by atoms with Crippen LogP contribution in [0, 0.1) is 0 Å². The van der Waals surface area contributed by atoms with Crippen molar-refractivity contribution in [1.29, 1.82) is 0 Å². The molecule has 0 radical (unpaired) electrons. The summed E-state index contributed by atoms with van der Waals surface area (Å²) in [6, 6.07) is 0. The van der Waals surface area contributed by atoms with Crippen LogP contribution in [0.2, 0.25) is 0 Å². The summed E-state index contributed by atoms with van der Waals surface area (Å²) in [4.78, 5) is 10.2. The largest absolute Gasteiger partial charge is 0.481 e. The van der Waals surface area contributed by atoms with E-state index in [0.29, 0.717) is 0 Å². The summed E-state index contributed by atoms with van der Waals surface area (Å²) < 4.78 is 0. The van der Waals surface area contributed by atoms with E-state index in [9.17, 15) is 4.79 Å². The highest BCUT2D eigenvalue weighted by atomic mass is 32.2. The lowest BCUT2D eigenvalue weighted by Crippen LogP contribution is -2.18. The van der Waals surface area contributed by atoms with Gasteiger partial charge in [-0.2, -0.15) is 11.8 Å². The molecule has 0 aliphatic carbocycles. The van der Waals surface area contributed by atoms with Crippen molar-refractivity contribution in [3.8, 4) is 0 Å². The highest BCUT2D eigenvalue weighted by molar-refractivity contribution is 7.99. The Balaban J connectivity index is 2.92. The molecule has 0 bridgehead atoms. The number of hydrogen-bond acceptors (Lipinski definition) is 3. The lowest BCUT2D eigenvalue weighted by Gasteiger charge is -2.02. The molecule has 0 aromatic heterocycles. The van der Waals surface area contributed by atoms with E-state index < -0.39 is 5.97 Å². The fourth-order valence-corrected chi connectivity index (χ4v) is 1.58. The van der Waals surface area contributed by atoms with Crippen LogP contribution in [0.1, 0.15) is 19.3 Å². The van der Waals surface area contributed by atoms with Crippen LogP contribution in [0.3, 0.4) is 0 Å². The van der Waals surface area contributed by atoms with Gasteiger partial charge in [0.2, 0.25) is 0 Å². The molecule has 2 N–H and O–H groups in total. The van der Waals surface area contributed by atoms with Crippen molar-refractivity contribution in [1.82, 2.24) is 5.32 Å². The van der Waals surface area contributed by atoms with Crippen molar-refractivity contribution >= 4 is 17.7 Å². The quantitative estimate of drug-likeness (QED) is 0.432. The first-order valence-electron chi connectivity index (χ1n) is 4.88. The van der Waals surface area contributed by atoms with Crippen LogP contribution in [0.25, 0.3) is 0 Å². The van der Waals surface area contributed by atoms with Gasteiger partial charge in [0, 0.05) is 24.5 Å². The summed E-state index contributed by atoms with van der Waals surface area (Å²) in [5.41, 5.74) is 0. The van der Waals surface area contributed by atoms with Crippen LogP contribution in [-0.2, 0) is 4.79 Å². The van der Waals surface area contributed by atoms with Crippen LogP contribution in [0.15, 0.2) is 12.7 Å². The number of aliphatic carboxylic acids is 1. The number of nitrogens with one attached hydrogen (secondary N) is 1. The first-order chi connectivity index (χ1) is 6.77. The molecule has 0 atom stereocenters. The molecule has 82 valence electrons. The Morgan fingerprint density at radius 2 is 2.21 bits per heavy atom. The molecular formula is C10H19NO2S. The Hall–Kier alpha value is -0.480. The van der Waals surface area contributed by atoms with Crippen LogP contribution in [0.4, 0.5) is 0 Å². The Labute approximate surface area is 90.0 Å². The van der Waals surface area contributed by atoms with Crippen molar-refractivity contribution in [2.45, 2.75) is 19.3 Å². The maximum Gasteiger partial charge on any atom is 0.303 e. The molecule has 3 nitrogen and oxygen atoms in total. The molecule has 14 heavy (non-hydrogen) atoms. The molecule has 0 aromatic carbocycles. The van der Waals surface area contributed by atoms with Gasteiger partial charge >= 0.3 is 5.97 Å². The van der Waals surface area contributed by atoms with Gasteiger partial charge in [-0.1, -0.05) is 6.08 Å². The van der Waals surface area contributed by atoms with E-state index in [0.717, 1.165) is 37.4 Å². The third-order valence-electron chi connectivity index (χ3n) is 1.65. The van der Waals surface area contributed by atoms with Gasteiger partial charge in [0.1, 0.15) is 0 Å². The fraction of sp³-hybridized carbons (Fsp3) is 0.700. The first kappa shape index (κ1) is 13.5. The molecule has 0 heterocycles. The van der Waals surface area contributed by atoms with Gasteiger partial charge < -0.3 is 10.4 Å². The SMILES string of the molecule is C=CCSCCNCCCCC(=O)O. The summed E-state index contributed by atoms with van der Waals surface area (Å²) in [5.74, 6) is 1.39. The maximum atomic E-state index is 10.2. The highest BCUT2D eigenvalue weighted by Crippen LogP contribution is 1.97. The van der Waals surface area contributed by atoms with Gasteiger partial charge in [0.05, 0.1) is 0 Å². The normalized spacial score (nSPS) is 10.0.